The molecule has 1 aliphatic rings. The van der Waals surface area contributed by atoms with Gasteiger partial charge in [-0.3, -0.25) is 4.79 Å². The minimum absolute atomic E-state index is 0.314. The van der Waals surface area contributed by atoms with E-state index in [2.05, 4.69) is 27.4 Å². The number of alkyl halides is 3. The topological polar surface area (TPSA) is 60.0 Å². The van der Waals surface area contributed by atoms with Gasteiger partial charge in [0, 0.05) is 32.7 Å². The van der Waals surface area contributed by atoms with Gasteiger partial charge in [0.05, 0.1) is 0 Å². The molecule has 1 unspecified atom stereocenters. The fraction of sp³-hybridized carbons (Fsp3) is 0.882. The highest BCUT2D eigenvalue weighted by molar-refractivity contribution is 5.84. The first kappa shape index (κ1) is 22.5. The molecule has 1 fully saturated rings. The summed E-state index contributed by atoms with van der Waals surface area (Å²) in [6, 6.07) is 0.618. The fourth-order valence-electron chi connectivity index (χ4n) is 2.94. The molecule has 0 aromatic carbocycles. The molecule has 1 rings (SSSR count). The molecule has 0 aromatic heterocycles. The van der Waals surface area contributed by atoms with E-state index in [-0.39, 0.29) is 6.54 Å². The molecule has 0 bridgehead atoms. The van der Waals surface area contributed by atoms with Crippen LogP contribution in [0.5, 0.6) is 0 Å². The van der Waals surface area contributed by atoms with E-state index in [0.717, 1.165) is 26.6 Å². The second-order valence-electron chi connectivity index (χ2n) is 6.72. The molecule has 6 nitrogen and oxygen atoms in total. The second-order valence-corrected chi connectivity index (χ2v) is 6.72. The molecular weight excluding hydrogens is 347 g/mol. The lowest BCUT2D eigenvalue weighted by molar-refractivity contribution is -0.157. The van der Waals surface area contributed by atoms with Crippen LogP contribution in [0.1, 0.15) is 39.5 Å². The molecule has 152 valence electrons. The Morgan fingerprint density at radius 3 is 2.65 bits per heavy atom. The van der Waals surface area contributed by atoms with Crippen molar-refractivity contribution in [2.24, 2.45) is 4.99 Å². The van der Waals surface area contributed by atoms with E-state index in [4.69, 9.17) is 0 Å². The summed E-state index contributed by atoms with van der Waals surface area (Å²) in [5.41, 5.74) is 0. The second kappa shape index (κ2) is 11.3. The van der Waals surface area contributed by atoms with Gasteiger partial charge in [0.25, 0.3) is 0 Å². The zero-order valence-corrected chi connectivity index (χ0v) is 16.0. The molecule has 1 aliphatic heterocycles. The number of guanidine groups is 1. The molecule has 26 heavy (non-hydrogen) atoms. The fourth-order valence-corrected chi connectivity index (χ4v) is 2.94. The van der Waals surface area contributed by atoms with Gasteiger partial charge >= 0.3 is 6.18 Å². The van der Waals surface area contributed by atoms with E-state index >= 15 is 0 Å². The number of carbonyl (C=O) groups is 1. The number of hydrogen-bond acceptors (Lipinski definition) is 3. The van der Waals surface area contributed by atoms with Gasteiger partial charge in [0.15, 0.2) is 5.96 Å². The Bertz CT molecular complexity index is 456. The Labute approximate surface area is 154 Å². The maximum absolute atomic E-state index is 12.3. The molecule has 1 saturated heterocycles. The maximum Gasteiger partial charge on any atom is 0.406 e. The number of rotatable bonds is 8. The first-order valence-electron chi connectivity index (χ1n) is 9.30. The smallest absolute Gasteiger partial charge is 0.357 e. The normalized spacial score (nSPS) is 19.3. The Balaban J connectivity index is 2.37. The van der Waals surface area contributed by atoms with E-state index in [1.165, 1.54) is 19.3 Å². The van der Waals surface area contributed by atoms with Crippen LogP contribution in [0.4, 0.5) is 13.2 Å². The van der Waals surface area contributed by atoms with E-state index in [1.54, 1.807) is 0 Å². The molecule has 1 heterocycles. The van der Waals surface area contributed by atoms with Gasteiger partial charge in [-0.15, -0.1) is 0 Å². The van der Waals surface area contributed by atoms with Gasteiger partial charge in [-0.1, -0.05) is 6.42 Å². The molecule has 0 saturated carbocycles. The van der Waals surface area contributed by atoms with Crippen LogP contribution >= 0.6 is 0 Å². The van der Waals surface area contributed by atoms with Crippen molar-refractivity contribution in [2.75, 3.05) is 46.3 Å². The third kappa shape index (κ3) is 9.26. The van der Waals surface area contributed by atoms with Crippen molar-refractivity contribution < 1.29 is 18.0 Å². The molecular formula is C17H32F3N5O. The highest BCUT2D eigenvalue weighted by atomic mass is 19.4. The minimum Gasteiger partial charge on any atom is -0.357 e. The predicted molar refractivity (Wildman–Crippen MR) is 97.2 cm³/mol. The van der Waals surface area contributed by atoms with Crippen molar-refractivity contribution in [3.63, 3.8) is 0 Å². The maximum atomic E-state index is 12.3. The Morgan fingerprint density at radius 2 is 2.04 bits per heavy atom. The first-order chi connectivity index (χ1) is 12.2. The summed E-state index contributed by atoms with van der Waals surface area (Å²) in [4.78, 5) is 19.0. The lowest BCUT2D eigenvalue weighted by Crippen LogP contribution is -2.42. The summed E-state index contributed by atoms with van der Waals surface area (Å²) in [6.07, 6.45) is 0.323. The van der Waals surface area contributed by atoms with E-state index in [0.29, 0.717) is 30.0 Å². The Morgan fingerprint density at radius 1 is 1.31 bits per heavy atom. The van der Waals surface area contributed by atoms with Crippen LogP contribution in [0.25, 0.3) is 0 Å². The summed E-state index contributed by atoms with van der Waals surface area (Å²) >= 11 is 0. The van der Waals surface area contributed by atoms with Crippen molar-refractivity contribution >= 4 is 11.9 Å². The van der Waals surface area contributed by atoms with Gasteiger partial charge in [0.2, 0.25) is 5.91 Å². The SMILES string of the molecule is CCNC(=NCC(=O)N(C)CC(F)(F)F)NCCCN1CCCCC1C. The van der Waals surface area contributed by atoms with Gasteiger partial charge in [-0.25, -0.2) is 4.99 Å². The number of nitrogens with one attached hydrogen (secondary N) is 2. The molecule has 1 amide bonds. The van der Waals surface area contributed by atoms with Crippen LogP contribution in [0.15, 0.2) is 4.99 Å². The third-order valence-corrected chi connectivity index (χ3v) is 4.41. The average Bonchev–Trinajstić information content (AvgIpc) is 2.56. The van der Waals surface area contributed by atoms with Crippen molar-refractivity contribution in [2.45, 2.75) is 51.7 Å². The van der Waals surface area contributed by atoms with Gasteiger partial charge in [0.1, 0.15) is 13.1 Å². The Kier molecular flexibility index (Phi) is 9.75. The summed E-state index contributed by atoms with van der Waals surface area (Å²) in [7, 11) is 1.13. The highest BCUT2D eigenvalue weighted by Crippen LogP contribution is 2.16. The number of nitrogens with zero attached hydrogens (tertiary/aromatic N) is 3. The minimum atomic E-state index is -4.40. The number of halogens is 3. The summed E-state index contributed by atoms with van der Waals surface area (Å²) in [6.45, 7) is 6.01. The number of amides is 1. The molecule has 1 atom stereocenters. The number of likely N-dealkylation sites (tertiary alicyclic amines) is 1. The molecule has 9 heteroatoms. The van der Waals surface area contributed by atoms with E-state index < -0.39 is 18.6 Å². The van der Waals surface area contributed by atoms with Crippen molar-refractivity contribution in [3.8, 4) is 0 Å². The summed E-state index contributed by atoms with van der Waals surface area (Å²) < 4.78 is 36.9. The molecule has 2 N–H and O–H groups in total. The van der Waals surface area contributed by atoms with Crippen molar-refractivity contribution in [1.82, 2.24) is 20.4 Å². The summed E-state index contributed by atoms with van der Waals surface area (Å²) in [5, 5.41) is 6.14. The van der Waals surface area contributed by atoms with Gasteiger partial charge in [-0.2, -0.15) is 13.2 Å². The highest BCUT2D eigenvalue weighted by Gasteiger charge is 2.31. The average molecular weight is 379 g/mol. The third-order valence-electron chi connectivity index (χ3n) is 4.41. The predicted octanol–water partition coefficient (Wildman–Crippen LogP) is 1.83. The van der Waals surface area contributed by atoms with Crippen LogP contribution in [0.3, 0.4) is 0 Å². The Hall–Kier alpha value is -1.51. The lowest BCUT2D eigenvalue weighted by Gasteiger charge is -2.33. The molecule has 0 aromatic rings. The van der Waals surface area contributed by atoms with Crippen molar-refractivity contribution in [3.05, 3.63) is 0 Å². The van der Waals surface area contributed by atoms with E-state index in [9.17, 15) is 18.0 Å². The van der Waals surface area contributed by atoms with Gasteiger partial charge < -0.3 is 20.4 Å². The lowest BCUT2D eigenvalue weighted by atomic mass is 10.0. The van der Waals surface area contributed by atoms with Crippen LogP contribution in [0, 0.1) is 0 Å². The zero-order valence-electron chi connectivity index (χ0n) is 16.0. The standard InChI is InChI=1S/C17H32F3N5O/c1-4-21-16(23-12-15(26)24(3)13-17(18,19)20)22-9-7-11-25-10-6-5-8-14(25)2/h14H,4-13H2,1-3H3,(H2,21,22,23). The quantitative estimate of drug-likeness (QED) is 0.384. The number of carbonyl (C=O) groups excluding carboxylic acids is 1. The van der Waals surface area contributed by atoms with Gasteiger partial charge in [-0.05, 0) is 39.7 Å². The largest absolute Gasteiger partial charge is 0.406 e. The number of likely N-dealkylation sites (N-methyl/N-ethyl adjacent to an activating group) is 1. The van der Waals surface area contributed by atoms with Crippen molar-refractivity contribution in [1.29, 1.82) is 0 Å². The summed E-state index contributed by atoms with van der Waals surface area (Å²) in [5.74, 6) is -0.213. The van der Waals surface area contributed by atoms with E-state index in [1.807, 2.05) is 6.92 Å². The number of piperidine rings is 1. The number of aliphatic imine (C=N–C) groups is 1. The number of hydrogen-bond donors (Lipinski definition) is 2. The van der Waals surface area contributed by atoms with Crippen LogP contribution < -0.4 is 10.6 Å². The van der Waals surface area contributed by atoms with Crippen LogP contribution in [-0.4, -0.2) is 80.2 Å². The zero-order chi connectivity index (χ0) is 19.6. The monoisotopic (exact) mass is 379 g/mol. The molecule has 0 spiro atoms. The van der Waals surface area contributed by atoms with Crippen LogP contribution in [0.2, 0.25) is 0 Å². The molecule has 0 aliphatic carbocycles. The van der Waals surface area contributed by atoms with Crippen LogP contribution in [-0.2, 0) is 4.79 Å². The molecule has 0 radical (unpaired) electrons. The first-order valence-corrected chi connectivity index (χ1v) is 9.30.